The number of hydrogen-bond acceptors (Lipinski definition) is 4. The maximum absolute atomic E-state index is 5.82. The number of nitrogen functional groups attached to an aromatic ring is 2. The molecule has 4 heteroatoms. The van der Waals surface area contributed by atoms with Gasteiger partial charge < -0.3 is 22.1 Å². The van der Waals surface area contributed by atoms with Crippen molar-refractivity contribution < 1.29 is 0 Å². The van der Waals surface area contributed by atoms with Gasteiger partial charge in [-0.3, -0.25) is 0 Å². The van der Waals surface area contributed by atoms with Gasteiger partial charge in [0.25, 0.3) is 0 Å². The molecular weight excluding hydrogens is 296 g/mol. The molecule has 0 bridgehead atoms. The van der Waals surface area contributed by atoms with Crippen LogP contribution in [0, 0.1) is 0 Å². The van der Waals surface area contributed by atoms with Gasteiger partial charge in [0.2, 0.25) is 0 Å². The Bertz CT molecular complexity index is 789. The van der Waals surface area contributed by atoms with Crippen molar-refractivity contribution in [2.75, 3.05) is 16.4 Å². The van der Waals surface area contributed by atoms with Gasteiger partial charge in [0, 0.05) is 34.1 Å². The average molecular weight is 316 g/mol. The van der Waals surface area contributed by atoms with E-state index in [0.717, 1.165) is 34.0 Å². The lowest BCUT2D eigenvalue weighted by atomic mass is 10.1. The van der Waals surface area contributed by atoms with Crippen LogP contribution in [0.2, 0.25) is 0 Å². The second-order valence-electron chi connectivity index (χ2n) is 5.59. The summed E-state index contributed by atoms with van der Waals surface area (Å²) in [5.41, 5.74) is 23.3. The van der Waals surface area contributed by atoms with E-state index in [9.17, 15) is 0 Å². The molecule has 3 rings (SSSR count). The number of hydrogen-bond donors (Lipinski definition) is 3. The Hall–Kier alpha value is -3.40. The lowest BCUT2D eigenvalue weighted by Gasteiger charge is -2.25. The molecular formula is C20H20N4. The van der Waals surface area contributed by atoms with Crippen LogP contribution in [0.1, 0.15) is 5.56 Å². The first-order valence-electron chi connectivity index (χ1n) is 7.60. The molecule has 0 atom stereocenters. The van der Waals surface area contributed by atoms with Gasteiger partial charge >= 0.3 is 0 Å². The third-order valence-electron chi connectivity index (χ3n) is 3.80. The predicted molar refractivity (Wildman–Crippen MR) is 103 cm³/mol. The van der Waals surface area contributed by atoms with Crippen molar-refractivity contribution in [3.05, 3.63) is 84.9 Å². The van der Waals surface area contributed by atoms with Gasteiger partial charge in [-0.1, -0.05) is 18.7 Å². The molecule has 0 aliphatic heterocycles. The van der Waals surface area contributed by atoms with Crippen molar-refractivity contribution in [2.24, 2.45) is 5.73 Å². The van der Waals surface area contributed by atoms with Gasteiger partial charge in [0.05, 0.1) is 0 Å². The molecule has 0 saturated heterocycles. The zero-order valence-corrected chi connectivity index (χ0v) is 13.3. The predicted octanol–water partition coefficient (Wildman–Crippen LogP) is 4.25. The molecule has 3 aromatic rings. The van der Waals surface area contributed by atoms with Crippen molar-refractivity contribution in [1.82, 2.24) is 0 Å². The molecule has 0 aliphatic carbocycles. The zero-order chi connectivity index (χ0) is 17.1. The smallest absolute Gasteiger partial charge is 0.0463 e. The van der Waals surface area contributed by atoms with Crippen LogP contribution in [0.15, 0.2) is 79.4 Å². The number of benzene rings is 3. The monoisotopic (exact) mass is 316 g/mol. The van der Waals surface area contributed by atoms with E-state index in [2.05, 4.69) is 11.5 Å². The van der Waals surface area contributed by atoms with E-state index in [1.54, 1.807) is 0 Å². The SMILES string of the molecule is C=C(N)c1ccc(N(c2ccc(N)cc2)c2ccc(N)cc2)cc1. The topological polar surface area (TPSA) is 81.3 Å². The van der Waals surface area contributed by atoms with E-state index in [-0.39, 0.29) is 0 Å². The number of rotatable bonds is 4. The molecule has 0 heterocycles. The van der Waals surface area contributed by atoms with Crippen LogP contribution in [0.3, 0.4) is 0 Å². The van der Waals surface area contributed by atoms with E-state index < -0.39 is 0 Å². The normalized spacial score (nSPS) is 10.3. The van der Waals surface area contributed by atoms with E-state index in [0.29, 0.717) is 5.70 Å². The summed E-state index contributed by atoms with van der Waals surface area (Å²) in [4.78, 5) is 2.13. The summed E-state index contributed by atoms with van der Waals surface area (Å²) >= 11 is 0. The van der Waals surface area contributed by atoms with Crippen molar-refractivity contribution in [1.29, 1.82) is 0 Å². The summed E-state index contributed by atoms with van der Waals surface area (Å²) in [5, 5.41) is 0. The van der Waals surface area contributed by atoms with Crippen molar-refractivity contribution in [2.45, 2.75) is 0 Å². The highest BCUT2D eigenvalue weighted by atomic mass is 15.1. The second-order valence-corrected chi connectivity index (χ2v) is 5.59. The fourth-order valence-electron chi connectivity index (χ4n) is 2.52. The van der Waals surface area contributed by atoms with Gasteiger partial charge in [-0.25, -0.2) is 0 Å². The second kappa shape index (κ2) is 6.38. The minimum absolute atomic E-state index is 0.549. The maximum atomic E-state index is 5.82. The Morgan fingerprint density at radius 2 is 0.958 bits per heavy atom. The van der Waals surface area contributed by atoms with E-state index in [4.69, 9.17) is 17.2 Å². The quantitative estimate of drug-likeness (QED) is 0.628. The van der Waals surface area contributed by atoms with Gasteiger partial charge in [-0.15, -0.1) is 0 Å². The molecule has 0 aliphatic rings. The molecule has 4 nitrogen and oxygen atoms in total. The molecule has 0 aromatic heterocycles. The fraction of sp³-hybridized carbons (Fsp3) is 0. The van der Waals surface area contributed by atoms with Crippen molar-refractivity contribution >= 4 is 34.1 Å². The van der Waals surface area contributed by atoms with Crippen LogP contribution in [-0.4, -0.2) is 0 Å². The molecule has 120 valence electrons. The van der Waals surface area contributed by atoms with E-state index in [1.807, 2.05) is 72.8 Å². The molecule has 6 N–H and O–H groups in total. The summed E-state index contributed by atoms with van der Waals surface area (Å²) in [6.07, 6.45) is 0. The van der Waals surface area contributed by atoms with Gasteiger partial charge in [-0.2, -0.15) is 0 Å². The van der Waals surface area contributed by atoms with Crippen molar-refractivity contribution in [3.63, 3.8) is 0 Å². The zero-order valence-electron chi connectivity index (χ0n) is 13.3. The Kier molecular flexibility index (Phi) is 4.12. The summed E-state index contributed by atoms with van der Waals surface area (Å²) < 4.78 is 0. The Balaban J connectivity index is 2.08. The molecule has 0 fully saturated rings. The van der Waals surface area contributed by atoms with Gasteiger partial charge in [0.1, 0.15) is 0 Å². The van der Waals surface area contributed by atoms with Crippen LogP contribution in [0.5, 0.6) is 0 Å². The lowest BCUT2D eigenvalue weighted by molar-refractivity contribution is 1.28. The molecule has 24 heavy (non-hydrogen) atoms. The summed E-state index contributed by atoms with van der Waals surface area (Å²) in [6, 6.07) is 23.4. The first kappa shape index (κ1) is 15.5. The first-order valence-corrected chi connectivity index (χ1v) is 7.60. The fourth-order valence-corrected chi connectivity index (χ4v) is 2.52. The Morgan fingerprint density at radius 1 is 0.625 bits per heavy atom. The highest BCUT2D eigenvalue weighted by Gasteiger charge is 2.12. The molecule has 0 amide bonds. The van der Waals surface area contributed by atoms with Crippen LogP contribution >= 0.6 is 0 Å². The van der Waals surface area contributed by atoms with Gasteiger partial charge in [-0.05, 0) is 66.2 Å². The van der Waals surface area contributed by atoms with Crippen LogP contribution in [0.25, 0.3) is 5.70 Å². The van der Waals surface area contributed by atoms with Crippen LogP contribution in [0.4, 0.5) is 28.4 Å². The highest BCUT2D eigenvalue weighted by Crippen LogP contribution is 2.35. The summed E-state index contributed by atoms with van der Waals surface area (Å²) in [6.45, 7) is 3.77. The van der Waals surface area contributed by atoms with Gasteiger partial charge in [0.15, 0.2) is 0 Å². The third-order valence-corrected chi connectivity index (χ3v) is 3.80. The maximum Gasteiger partial charge on any atom is 0.0463 e. The molecule has 3 aromatic carbocycles. The van der Waals surface area contributed by atoms with Crippen LogP contribution in [-0.2, 0) is 0 Å². The lowest BCUT2D eigenvalue weighted by Crippen LogP contribution is -2.10. The average Bonchev–Trinajstić information content (AvgIpc) is 2.59. The summed E-state index contributed by atoms with van der Waals surface area (Å²) in [5.74, 6) is 0. The van der Waals surface area contributed by atoms with Crippen molar-refractivity contribution in [3.8, 4) is 0 Å². The standard InChI is InChI=1S/C20H20N4/c1-14(21)15-2-8-18(9-3-15)24(19-10-4-16(22)5-11-19)20-12-6-17(23)7-13-20/h2-13H,1,21-23H2. The van der Waals surface area contributed by atoms with E-state index in [1.165, 1.54) is 0 Å². The summed E-state index contributed by atoms with van der Waals surface area (Å²) in [7, 11) is 0. The molecule has 0 radical (unpaired) electrons. The number of anilines is 5. The third kappa shape index (κ3) is 3.17. The Morgan fingerprint density at radius 3 is 1.29 bits per heavy atom. The number of nitrogens with zero attached hydrogens (tertiary/aromatic N) is 1. The Labute approximate surface area is 141 Å². The minimum atomic E-state index is 0.549. The highest BCUT2D eigenvalue weighted by molar-refractivity contribution is 5.78. The van der Waals surface area contributed by atoms with E-state index >= 15 is 0 Å². The van der Waals surface area contributed by atoms with Crippen LogP contribution < -0.4 is 22.1 Å². The minimum Gasteiger partial charge on any atom is -0.399 e. The molecule has 0 spiro atoms. The number of nitrogens with two attached hydrogens (primary N) is 3. The largest absolute Gasteiger partial charge is 0.399 e. The molecule has 0 saturated carbocycles. The first-order chi connectivity index (χ1) is 11.5. The molecule has 0 unspecified atom stereocenters.